The fourth-order valence-corrected chi connectivity index (χ4v) is 3.75. The fraction of sp³-hybridized carbons (Fsp3) is 0.667. The van der Waals surface area contributed by atoms with E-state index in [-0.39, 0.29) is 5.41 Å². The molecule has 2 aliphatic heterocycles. The average Bonchev–Trinajstić information content (AvgIpc) is 3.00. The zero-order chi connectivity index (χ0) is 17.9. The molecule has 0 bridgehead atoms. The van der Waals surface area contributed by atoms with Gasteiger partial charge in [-0.15, -0.1) is 0 Å². The Morgan fingerprint density at radius 3 is 2.68 bits per heavy atom. The highest BCUT2D eigenvalue weighted by Gasteiger charge is 2.37. The number of nitrogens with one attached hydrogen (secondary N) is 3. The third-order valence-electron chi connectivity index (χ3n) is 5.52. The molecule has 2 heterocycles. The van der Waals surface area contributed by atoms with Crippen LogP contribution in [-0.2, 0) is 16.3 Å². The van der Waals surface area contributed by atoms with Crippen molar-refractivity contribution in [3.8, 4) is 0 Å². The quantitative estimate of drug-likeness (QED) is 0.758. The van der Waals surface area contributed by atoms with E-state index in [9.17, 15) is 13.2 Å². The molecule has 0 amide bonds. The van der Waals surface area contributed by atoms with E-state index in [1.165, 1.54) is 12.1 Å². The molecular formula is C18H26F3N3O. The number of ether oxygens (including phenoxy) is 1. The maximum Gasteiger partial charge on any atom is 0.416 e. The van der Waals surface area contributed by atoms with Crippen LogP contribution >= 0.6 is 0 Å². The zero-order valence-electron chi connectivity index (χ0n) is 14.5. The molecule has 140 valence electrons. The van der Waals surface area contributed by atoms with Gasteiger partial charge in [0.05, 0.1) is 5.56 Å². The highest BCUT2D eigenvalue weighted by Crippen LogP contribution is 2.37. The van der Waals surface area contributed by atoms with Gasteiger partial charge in [0.25, 0.3) is 0 Å². The minimum absolute atomic E-state index is 0.303. The molecule has 4 nitrogen and oxygen atoms in total. The Kier molecular flexibility index (Phi) is 5.68. The lowest BCUT2D eigenvalue weighted by Crippen LogP contribution is -2.45. The van der Waals surface area contributed by atoms with Crippen molar-refractivity contribution in [1.29, 1.82) is 0 Å². The first-order valence-electron chi connectivity index (χ1n) is 8.85. The maximum atomic E-state index is 13.1. The molecule has 0 aliphatic carbocycles. The summed E-state index contributed by atoms with van der Waals surface area (Å²) in [6, 6.07) is 6.17. The van der Waals surface area contributed by atoms with E-state index < -0.39 is 11.7 Å². The molecule has 25 heavy (non-hydrogen) atoms. The molecule has 2 atom stereocenters. The van der Waals surface area contributed by atoms with Crippen molar-refractivity contribution in [2.75, 3.05) is 32.8 Å². The number of halogens is 3. The normalized spacial score (nSPS) is 26.7. The van der Waals surface area contributed by atoms with Crippen molar-refractivity contribution >= 4 is 0 Å². The molecule has 3 rings (SSSR count). The molecule has 3 N–H and O–H groups in total. The summed E-state index contributed by atoms with van der Waals surface area (Å²) in [6.45, 7) is 5.70. The van der Waals surface area contributed by atoms with Crippen molar-refractivity contribution < 1.29 is 17.9 Å². The van der Waals surface area contributed by atoms with Crippen LogP contribution < -0.4 is 16.2 Å². The van der Waals surface area contributed by atoms with Crippen molar-refractivity contribution in [2.24, 2.45) is 5.92 Å². The standard InChI is InChI=1S/C18H26F3N3O/c1-13-14(11-23-24-13)10-22-12-17(5-7-25-8-6-17)15-3-2-4-16(9-15)18(19,20)21/h2-4,9,13-14,22-24H,5-8,10-12H2,1H3. The predicted molar refractivity (Wildman–Crippen MR) is 90.1 cm³/mol. The van der Waals surface area contributed by atoms with Gasteiger partial charge in [-0.25, -0.2) is 0 Å². The number of benzene rings is 1. The molecule has 0 aromatic heterocycles. The summed E-state index contributed by atoms with van der Waals surface area (Å²) in [5, 5.41) is 3.51. The lowest BCUT2D eigenvalue weighted by Gasteiger charge is -2.38. The van der Waals surface area contributed by atoms with Crippen molar-refractivity contribution in [3.63, 3.8) is 0 Å². The van der Waals surface area contributed by atoms with Crippen LogP contribution in [0.1, 0.15) is 30.9 Å². The van der Waals surface area contributed by atoms with E-state index in [4.69, 9.17) is 4.74 Å². The van der Waals surface area contributed by atoms with Gasteiger partial charge in [-0.05, 0) is 31.4 Å². The second-order valence-electron chi connectivity index (χ2n) is 7.18. The summed E-state index contributed by atoms with van der Waals surface area (Å²) in [5.74, 6) is 0.471. The van der Waals surface area contributed by atoms with Gasteiger partial charge in [0.1, 0.15) is 0 Å². The third kappa shape index (κ3) is 4.34. The SMILES string of the molecule is CC1NNCC1CNCC1(c2cccc(C(F)(F)F)c2)CCOCC1. The lowest BCUT2D eigenvalue weighted by molar-refractivity contribution is -0.137. The first-order chi connectivity index (χ1) is 11.9. The van der Waals surface area contributed by atoms with Crippen LogP contribution in [0.4, 0.5) is 13.2 Å². The summed E-state index contributed by atoms with van der Waals surface area (Å²) in [4.78, 5) is 0. The molecule has 7 heteroatoms. The van der Waals surface area contributed by atoms with Crippen molar-refractivity contribution in [1.82, 2.24) is 16.2 Å². The van der Waals surface area contributed by atoms with Crippen LogP contribution in [0.3, 0.4) is 0 Å². The third-order valence-corrected chi connectivity index (χ3v) is 5.52. The van der Waals surface area contributed by atoms with Crippen molar-refractivity contribution in [3.05, 3.63) is 35.4 Å². The van der Waals surface area contributed by atoms with Gasteiger partial charge in [0.2, 0.25) is 0 Å². The topological polar surface area (TPSA) is 45.3 Å². The van der Waals surface area contributed by atoms with Gasteiger partial charge >= 0.3 is 6.18 Å². The van der Waals surface area contributed by atoms with Gasteiger partial charge in [-0.2, -0.15) is 13.2 Å². The van der Waals surface area contributed by atoms with Gasteiger partial charge in [-0.1, -0.05) is 18.2 Å². The number of alkyl halides is 3. The van der Waals surface area contributed by atoms with Crippen molar-refractivity contribution in [2.45, 2.75) is 37.4 Å². The summed E-state index contributed by atoms with van der Waals surface area (Å²) in [7, 11) is 0. The zero-order valence-corrected chi connectivity index (χ0v) is 14.5. The van der Waals surface area contributed by atoms with Crippen LogP contribution in [0.5, 0.6) is 0 Å². The molecule has 2 fully saturated rings. The van der Waals surface area contributed by atoms with Gasteiger partial charge in [-0.3, -0.25) is 10.9 Å². The van der Waals surface area contributed by atoms with E-state index in [1.54, 1.807) is 0 Å². The largest absolute Gasteiger partial charge is 0.416 e. The number of rotatable bonds is 5. The molecule has 2 saturated heterocycles. The number of hydrazine groups is 1. The second-order valence-corrected chi connectivity index (χ2v) is 7.18. The van der Waals surface area contributed by atoms with E-state index >= 15 is 0 Å². The summed E-state index contributed by atoms with van der Waals surface area (Å²) < 4.78 is 44.8. The number of hydrogen-bond donors (Lipinski definition) is 3. The fourth-order valence-electron chi connectivity index (χ4n) is 3.75. The second kappa shape index (κ2) is 7.61. The van der Waals surface area contributed by atoms with E-state index in [1.807, 2.05) is 6.07 Å². The summed E-state index contributed by atoms with van der Waals surface area (Å²) in [5.41, 5.74) is 6.21. The summed E-state index contributed by atoms with van der Waals surface area (Å²) >= 11 is 0. The first kappa shape index (κ1) is 18.6. The average molecular weight is 357 g/mol. The Labute approximate surface area is 146 Å². The Morgan fingerprint density at radius 1 is 1.28 bits per heavy atom. The lowest BCUT2D eigenvalue weighted by atomic mass is 9.73. The molecule has 0 saturated carbocycles. The smallest absolute Gasteiger partial charge is 0.381 e. The van der Waals surface area contributed by atoms with Gasteiger partial charge < -0.3 is 10.1 Å². The van der Waals surface area contributed by atoms with Crippen LogP contribution in [0, 0.1) is 5.92 Å². The molecule has 0 spiro atoms. The minimum Gasteiger partial charge on any atom is -0.381 e. The maximum absolute atomic E-state index is 13.1. The van der Waals surface area contributed by atoms with Crippen LogP contribution in [0.15, 0.2) is 24.3 Å². The predicted octanol–water partition coefficient (Wildman–Crippen LogP) is 2.46. The Morgan fingerprint density at radius 2 is 2.04 bits per heavy atom. The van der Waals surface area contributed by atoms with Gasteiger partial charge in [0, 0.05) is 50.2 Å². The van der Waals surface area contributed by atoms with E-state index in [0.717, 1.165) is 37.6 Å². The molecule has 0 radical (unpaired) electrons. The molecule has 1 aromatic rings. The molecule has 1 aromatic carbocycles. The highest BCUT2D eigenvalue weighted by molar-refractivity contribution is 5.32. The monoisotopic (exact) mass is 357 g/mol. The Bertz CT molecular complexity index is 573. The Balaban J connectivity index is 1.74. The summed E-state index contributed by atoms with van der Waals surface area (Å²) in [6.07, 6.45) is -2.84. The van der Waals surface area contributed by atoms with Crippen LogP contribution in [0.2, 0.25) is 0 Å². The molecule has 2 aliphatic rings. The number of hydrogen-bond acceptors (Lipinski definition) is 4. The molecule has 2 unspecified atom stereocenters. The van der Waals surface area contributed by atoms with Gasteiger partial charge in [0.15, 0.2) is 0 Å². The Hall–Kier alpha value is -1.15. The minimum atomic E-state index is -4.31. The van der Waals surface area contributed by atoms with Crippen LogP contribution in [0.25, 0.3) is 0 Å². The van der Waals surface area contributed by atoms with E-state index in [0.29, 0.717) is 31.7 Å². The van der Waals surface area contributed by atoms with Crippen LogP contribution in [-0.4, -0.2) is 38.9 Å². The highest BCUT2D eigenvalue weighted by atomic mass is 19.4. The molecular weight excluding hydrogens is 331 g/mol. The van der Waals surface area contributed by atoms with E-state index in [2.05, 4.69) is 23.1 Å². The first-order valence-corrected chi connectivity index (χ1v) is 8.85.